The van der Waals surface area contributed by atoms with E-state index in [0.29, 0.717) is 54.7 Å². The number of pyridine rings is 2. The molecule has 7 aromatic rings. The Morgan fingerprint density at radius 3 is 1.19 bits per heavy atom. The molecule has 12 heteroatoms. The molecule has 0 radical (unpaired) electrons. The third kappa shape index (κ3) is 3.82. The zero-order valence-electron chi connectivity index (χ0n) is 20.9. The Morgan fingerprint density at radius 1 is 0.452 bits per heavy atom. The molecule has 7 rings (SSSR count). The van der Waals surface area contributed by atoms with Crippen LogP contribution in [-0.4, -0.2) is 19.9 Å². The first kappa shape index (κ1) is 24.9. The van der Waals surface area contributed by atoms with Crippen LogP contribution in [0.25, 0.3) is 65.9 Å². The van der Waals surface area contributed by atoms with Crippen LogP contribution in [0.5, 0.6) is 0 Å². The molecular weight excluding hydrogens is 548 g/mol. The molecule has 8 nitrogen and oxygen atoms in total. The van der Waals surface area contributed by atoms with Crippen molar-refractivity contribution < 1.29 is 17.6 Å². The lowest BCUT2D eigenvalue weighted by Gasteiger charge is -2.02. The summed E-state index contributed by atoms with van der Waals surface area (Å²) < 4.78 is 55.2. The molecule has 0 N–H and O–H groups in total. The van der Waals surface area contributed by atoms with Crippen molar-refractivity contribution in [3.05, 3.63) is 95.2 Å². The number of halogens is 4. The summed E-state index contributed by atoms with van der Waals surface area (Å²) in [6, 6.07) is 14.2. The fraction of sp³-hybridized carbons (Fsp3) is 0. The van der Waals surface area contributed by atoms with E-state index in [9.17, 15) is 28.1 Å². The number of hydrogen-bond donors (Lipinski definition) is 0. The highest BCUT2D eigenvalue weighted by molar-refractivity contribution is 6.15. The maximum absolute atomic E-state index is 13.8. The maximum Gasteiger partial charge on any atom is 0.216 e. The van der Waals surface area contributed by atoms with Gasteiger partial charge >= 0.3 is 0 Å². The molecule has 42 heavy (non-hydrogen) atoms. The first-order chi connectivity index (χ1) is 20.3. The van der Waals surface area contributed by atoms with E-state index in [4.69, 9.17) is 9.97 Å². The normalized spacial score (nSPS) is 12.5. The molecule has 0 amide bonds. The summed E-state index contributed by atoms with van der Waals surface area (Å²) in [4.78, 5) is 23.8. The van der Waals surface area contributed by atoms with E-state index in [2.05, 4.69) is 20.0 Å². The first-order valence-corrected chi connectivity index (χ1v) is 12.2. The molecule has 0 fully saturated rings. The van der Waals surface area contributed by atoms with E-state index < -0.39 is 23.8 Å². The van der Waals surface area contributed by atoms with E-state index in [0.717, 1.165) is 24.3 Å². The fourth-order valence-corrected chi connectivity index (χ4v) is 5.24. The molecule has 0 aliphatic carbocycles. The Balaban J connectivity index is 1.54. The molecule has 0 unspecified atom stereocenters. The molecule has 3 heterocycles. The van der Waals surface area contributed by atoms with Crippen LogP contribution in [-0.2, 0) is 0 Å². The van der Waals surface area contributed by atoms with Gasteiger partial charge < -0.3 is 0 Å². The number of hydrogen-bond acceptors (Lipinski definition) is 8. The molecule has 0 aliphatic heterocycles. The average Bonchev–Trinajstić information content (AvgIpc) is 3.42. The van der Waals surface area contributed by atoms with E-state index in [1.54, 1.807) is 48.8 Å². The van der Waals surface area contributed by atoms with Crippen LogP contribution in [0.15, 0.2) is 70.6 Å². The van der Waals surface area contributed by atoms with Crippen LogP contribution in [0.2, 0.25) is 0 Å². The summed E-state index contributed by atoms with van der Waals surface area (Å²) in [5.41, 5.74) is 2.70. The summed E-state index contributed by atoms with van der Waals surface area (Å²) in [5, 5.41) is 21.4. The molecular formula is C30H10F4N8. The molecule has 0 bridgehead atoms. The topological polar surface area (TPSA) is 124 Å². The number of aromatic nitrogens is 4. The van der Waals surface area contributed by atoms with Gasteiger partial charge in [-0.2, -0.15) is 48.0 Å². The SMILES string of the molecule is N#CN=c1c2cc(-c3cc(F)nc(F)c3)ccc2c2nc3c(=NC#N)c4cc(-c5cc(F)nc(F)c5)ccc4c3nc12. The molecule has 198 valence electrons. The Morgan fingerprint density at radius 2 is 0.833 bits per heavy atom. The van der Waals surface area contributed by atoms with Gasteiger partial charge in [0.15, 0.2) is 0 Å². The lowest BCUT2D eigenvalue weighted by molar-refractivity contribution is 0.512. The van der Waals surface area contributed by atoms with Crippen molar-refractivity contribution in [1.29, 1.82) is 10.5 Å². The average molecular weight is 558 g/mol. The van der Waals surface area contributed by atoms with Crippen molar-refractivity contribution in [2.45, 2.75) is 0 Å². The predicted molar refractivity (Wildman–Crippen MR) is 143 cm³/mol. The second-order valence-corrected chi connectivity index (χ2v) is 9.26. The molecule has 0 aliphatic rings. The van der Waals surface area contributed by atoms with Gasteiger partial charge in [0.2, 0.25) is 36.2 Å². The fourth-order valence-electron chi connectivity index (χ4n) is 5.24. The lowest BCUT2D eigenvalue weighted by atomic mass is 10.0. The van der Waals surface area contributed by atoms with E-state index >= 15 is 0 Å². The smallest absolute Gasteiger partial charge is 0.216 e. The van der Waals surface area contributed by atoms with Gasteiger partial charge in [0.25, 0.3) is 0 Å². The van der Waals surface area contributed by atoms with Crippen LogP contribution >= 0.6 is 0 Å². The third-order valence-electron chi connectivity index (χ3n) is 6.92. The van der Waals surface area contributed by atoms with Crippen LogP contribution in [0.1, 0.15) is 0 Å². The Labute approximate surface area is 231 Å². The molecule has 0 saturated carbocycles. The van der Waals surface area contributed by atoms with Crippen molar-refractivity contribution in [1.82, 2.24) is 19.9 Å². The zero-order valence-corrected chi connectivity index (χ0v) is 20.9. The van der Waals surface area contributed by atoms with Gasteiger partial charge in [-0.1, -0.05) is 24.3 Å². The van der Waals surface area contributed by atoms with Crippen LogP contribution in [0, 0.1) is 46.7 Å². The molecule has 0 spiro atoms. The quantitative estimate of drug-likeness (QED) is 0.159. The minimum absolute atomic E-state index is 0.209. The van der Waals surface area contributed by atoms with Gasteiger partial charge in [0.05, 0.1) is 11.0 Å². The van der Waals surface area contributed by atoms with Crippen molar-refractivity contribution >= 4 is 43.6 Å². The van der Waals surface area contributed by atoms with Gasteiger partial charge in [-0.15, -0.1) is 0 Å². The Kier molecular flexibility index (Phi) is 5.46. The highest BCUT2D eigenvalue weighted by Gasteiger charge is 2.19. The second-order valence-electron chi connectivity index (χ2n) is 9.26. The van der Waals surface area contributed by atoms with Crippen LogP contribution in [0.4, 0.5) is 17.6 Å². The third-order valence-corrected chi connectivity index (χ3v) is 6.92. The monoisotopic (exact) mass is 558 g/mol. The van der Waals surface area contributed by atoms with Crippen LogP contribution in [0.3, 0.4) is 0 Å². The van der Waals surface area contributed by atoms with E-state index in [1.807, 2.05) is 0 Å². The number of rotatable bonds is 2. The molecule has 3 aromatic heterocycles. The summed E-state index contributed by atoms with van der Waals surface area (Å²) in [6.45, 7) is 0. The maximum atomic E-state index is 13.8. The van der Waals surface area contributed by atoms with Gasteiger partial charge in [0.1, 0.15) is 21.7 Å². The van der Waals surface area contributed by atoms with Gasteiger partial charge in [0, 0.05) is 45.8 Å². The van der Waals surface area contributed by atoms with E-state index in [-0.39, 0.29) is 21.8 Å². The highest BCUT2D eigenvalue weighted by Crippen LogP contribution is 2.32. The van der Waals surface area contributed by atoms with Crippen molar-refractivity contribution in [3.8, 4) is 34.6 Å². The van der Waals surface area contributed by atoms with Crippen molar-refractivity contribution in [2.24, 2.45) is 9.98 Å². The molecule has 0 saturated heterocycles. The van der Waals surface area contributed by atoms with E-state index in [1.165, 1.54) is 0 Å². The van der Waals surface area contributed by atoms with Crippen LogP contribution < -0.4 is 10.7 Å². The number of nitrogens with zero attached hydrogens (tertiary/aromatic N) is 8. The Bertz CT molecular complexity index is 2280. The Hall–Kier alpha value is -6.14. The van der Waals surface area contributed by atoms with Gasteiger partial charge in [-0.25, -0.2) is 9.97 Å². The summed E-state index contributed by atoms with van der Waals surface area (Å²) in [7, 11) is 0. The minimum atomic E-state index is -0.982. The zero-order chi connectivity index (χ0) is 29.1. The van der Waals surface area contributed by atoms with Gasteiger partial charge in [-0.05, 0) is 34.4 Å². The van der Waals surface area contributed by atoms with Crippen molar-refractivity contribution in [3.63, 3.8) is 0 Å². The minimum Gasteiger partial charge on any atom is -0.241 e. The lowest BCUT2D eigenvalue weighted by Crippen LogP contribution is -2.03. The predicted octanol–water partition coefficient (Wildman–Crippen LogP) is 5.41. The second kappa shape index (κ2) is 9.21. The molecule has 4 aromatic carbocycles. The summed E-state index contributed by atoms with van der Waals surface area (Å²) in [5.74, 6) is -3.93. The standard InChI is InChI=1S/C30H10F4N8/c31-21-7-15(8-22(32)39-21)13-1-3-17-19(5-13)25(37-11-35)29-27(17)41-30-26(38-12-36)20-6-14(2-4-18(20)28(30)42-29)16-9-23(33)40-24(34)10-16/h1-10H. The first-order valence-electron chi connectivity index (χ1n) is 12.2. The van der Waals surface area contributed by atoms with Crippen molar-refractivity contribution in [2.75, 3.05) is 0 Å². The number of fused-ring (bicyclic) bond motifs is 6. The largest absolute Gasteiger partial charge is 0.241 e. The summed E-state index contributed by atoms with van der Waals surface area (Å²) >= 11 is 0. The summed E-state index contributed by atoms with van der Waals surface area (Å²) in [6.07, 6.45) is 3.55. The highest BCUT2D eigenvalue weighted by atomic mass is 19.1. The van der Waals surface area contributed by atoms with Gasteiger partial charge in [-0.3, -0.25) is 0 Å². The molecule has 0 atom stereocenters. The number of benzene rings is 2. The number of nitriles is 2.